The van der Waals surface area contributed by atoms with E-state index >= 15 is 8.78 Å². The van der Waals surface area contributed by atoms with Crippen molar-refractivity contribution in [3.63, 3.8) is 0 Å². The third kappa shape index (κ3) is 6.27. The minimum absolute atomic E-state index is 0.00579. The molecule has 2 saturated heterocycles. The SMILES string of the molecule is C#Cc1c(F)ccc2cc(O)cc(-c3ncc4c(N5CCCCC(N)C5)nc(OCC5(CN6CCOCC6)CC5)nc4c3C(F)F)c12. The smallest absolute Gasteiger partial charge is 0.318 e. The molecule has 2 aliphatic heterocycles. The Kier molecular flexibility index (Phi) is 8.55. The summed E-state index contributed by atoms with van der Waals surface area (Å²) in [4.78, 5) is 18.3. The predicted molar refractivity (Wildman–Crippen MR) is 173 cm³/mol. The first kappa shape index (κ1) is 31.4. The van der Waals surface area contributed by atoms with Crippen LogP contribution in [0.5, 0.6) is 11.8 Å². The van der Waals surface area contributed by atoms with Gasteiger partial charge in [-0.15, -0.1) is 6.42 Å². The van der Waals surface area contributed by atoms with Gasteiger partial charge in [0.05, 0.1) is 47.5 Å². The second kappa shape index (κ2) is 12.8. The zero-order valence-electron chi connectivity index (χ0n) is 26.0. The molecule has 3 fully saturated rings. The molecule has 0 radical (unpaired) electrons. The molecule has 4 aromatic rings. The number of alkyl halides is 2. The minimum atomic E-state index is -3.04. The van der Waals surface area contributed by atoms with Crippen LogP contribution in [-0.4, -0.2) is 83.5 Å². The number of phenolic OH excluding ortho intramolecular Hbond substituents is 1. The van der Waals surface area contributed by atoms with Crippen molar-refractivity contribution in [3.05, 3.63) is 47.4 Å². The molecule has 0 spiro atoms. The molecule has 7 rings (SSSR count). The van der Waals surface area contributed by atoms with E-state index in [-0.39, 0.29) is 50.9 Å². The Balaban J connectivity index is 1.37. The van der Waals surface area contributed by atoms with Gasteiger partial charge in [0.2, 0.25) is 0 Å². The van der Waals surface area contributed by atoms with E-state index in [9.17, 15) is 9.50 Å². The summed E-state index contributed by atoms with van der Waals surface area (Å²) in [6.07, 6.45) is 8.72. The van der Waals surface area contributed by atoms with Crippen LogP contribution in [0, 0.1) is 23.6 Å². The highest BCUT2D eigenvalue weighted by Crippen LogP contribution is 2.47. The van der Waals surface area contributed by atoms with Crippen molar-refractivity contribution in [2.45, 2.75) is 44.6 Å². The summed E-state index contributed by atoms with van der Waals surface area (Å²) in [7, 11) is 0. The number of benzene rings is 2. The van der Waals surface area contributed by atoms with Crippen molar-refractivity contribution in [3.8, 4) is 35.4 Å². The van der Waals surface area contributed by atoms with Crippen LogP contribution in [0.15, 0.2) is 30.5 Å². The van der Waals surface area contributed by atoms with Crippen LogP contribution < -0.4 is 15.4 Å². The molecule has 3 N–H and O–H groups in total. The number of hydrogen-bond donors (Lipinski definition) is 2. The fourth-order valence-electron chi connectivity index (χ4n) is 6.90. The first-order valence-electron chi connectivity index (χ1n) is 16.1. The molecule has 3 aliphatic rings. The average molecular weight is 647 g/mol. The van der Waals surface area contributed by atoms with Gasteiger partial charge in [0.15, 0.2) is 0 Å². The van der Waals surface area contributed by atoms with Gasteiger partial charge in [0, 0.05) is 61.3 Å². The van der Waals surface area contributed by atoms with E-state index in [1.54, 1.807) is 0 Å². The highest BCUT2D eigenvalue weighted by Gasteiger charge is 2.45. The lowest BCUT2D eigenvalue weighted by Gasteiger charge is -2.30. The van der Waals surface area contributed by atoms with Gasteiger partial charge in [0.25, 0.3) is 6.43 Å². The minimum Gasteiger partial charge on any atom is -0.508 e. The summed E-state index contributed by atoms with van der Waals surface area (Å²) in [5.74, 6) is 1.88. The highest BCUT2D eigenvalue weighted by molar-refractivity contribution is 6.04. The topological polar surface area (TPSA) is 110 Å². The summed E-state index contributed by atoms with van der Waals surface area (Å²) >= 11 is 0. The van der Waals surface area contributed by atoms with Crippen LogP contribution in [0.4, 0.5) is 19.0 Å². The lowest BCUT2D eigenvalue weighted by molar-refractivity contribution is 0.0231. The van der Waals surface area contributed by atoms with E-state index in [2.05, 4.69) is 20.8 Å². The standard InChI is InChI=1S/C35H37F3N6O3/c1-2-24-27(36)7-6-21-15-23(45)16-25(28(21)24)30-29(32(37)38)31-26(17-40-30)33(44-10-4-3-5-22(39)18-44)42-34(41-31)47-20-35(8-9-35)19-43-11-13-46-14-12-43/h1,6-7,15-17,22,32,45H,3-5,8-14,18-20,39H2. The largest absolute Gasteiger partial charge is 0.508 e. The second-order valence-corrected chi connectivity index (χ2v) is 13.0. The Hall–Kier alpha value is -4.18. The number of anilines is 1. The van der Waals surface area contributed by atoms with Gasteiger partial charge >= 0.3 is 6.01 Å². The zero-order chi connectivity index (χ0) is 32.7. The lowest BCUT2D eigenvalue weighted by Crippen LogP contribution is -2.41. The van der Waals surface area contributed by atoms with Gasteiger partial charge in [-0.05, 0) is 49.3 Å². The van der Waals surface area contributed by atoms with Gasteiger partial charge in [-0.25, -0.2) is 13.2 Å². The molecule has 1 atom stereocenters. The quantitative estimate of drug-likeness (QED) is 0.243. The summed E-state index contributed by atoms with van der Waals surface area (Å²) in [6, 6.07) is 5.18. The van der Waals surface area contributed by atoms with Crippen LogP contribution in [0.2, 0.25) is 0 Å². The average Bonchev–Trinajstić information content (AvgIpc) is 3.86. The number of nitrogens with two attached hydrogens (primary N) is 1. The van der Waals surface area contributed by atoms with Crippen LogP contribution in [0.3, 0.4) is 0 Å². The second-order valence-electron chi connectivity index (χ2n) is 13.0. The molecule has 12 heteroatoms. The molecule has 1 unspecified atom stereocenters. The van der Waals surface area contributed by atoms with Gasteiger partial charge in [-0.3, -0.25) is 9.88 Å². The molecule has 4 heterocycles. The maximum atomic E-state index is 15.3. The molecular formula is C35H37F3N6O3. The van der Waals surface area contributed by atoms with E-state index in [1.807, 2.05) is 4.90 Å². The number of aromatic nitrogens is 3. The van der Waals surface area contributed by atoms with Crippen LogP contribution in [0.25, 0.3) is 32.9 Å². The molecule has 0 amide bonds. The number of rotatable bonds is 8. The number of nitrogens with zero attached hydrogens (tertiary/aromatic N) is 5. The third-order valence-corrected chi connectivity index (χ3v) is 9.54. The van der Waals surface area contributed by atoms with Gasteiger partial charge < -0.3 is 25.2 Å². The van der Waals surface area contributed by atoms with Crippen molar-refractivity contribution in [2.24, 2.45) is 11.1 Å². The van der Waals surface area contributed by atoms with Gasteiger partial charge in [-0.2, -0.15) is 9.97 Å². The molecule has 1 aliphatic carbocycles. The maximum Gasteiger partial charge on any atom is 0.318 e. The number of aromatic hydroxyl groups is 1. The summed E-state index contributed by atoms with van der Waals surface area (Å²) in [5.41, 5.74) is 5.63. The first-order valence-corrected chi connectivity index (χ1v) is 16.1. The number of pyridine rings is 1. The fourth-order valence-corrected chi connectivity index (χ4v) is 6.90. The molecule has 2 aromatic carbocycles. The Morgan fingerprint density at radius 3 is 2.70 bits per heavy atom. The number of halogens is 3. The van der Waals surface area contributed by atoms with Crippen molar-refractivity contribution in [1.29, 1.82) is 0 Å². The molecule has 1 saturated carbocycles. The van der Waals surface area contributed by atoms with Crippen molar-refractivity contribution in [1.82, 2.24) is 19.9 Å². The number of fused-ring (bicyclic) bond motifs is 2. The van der Waals surface area contributed by atoms with Crippen LogP contribution in [0.1, 0.15) is 49.7 Å². The summed E-state index contributed by atoms with van der Waals surface area (Å²) < 4.78 is 57.3. The summed E-state index contributed by atoms with van der Waals surface area (Å²) in [5, 5.41) is 11.5. The summed E-state index contributed by atoms with van der Waals surface area (Å²) in [6.45, 7) is 5.43. The molecule has 9 nitrogen and oxygen atoms in total. The monoisotopic (exact) mass is 646 g/mol. The van der Waals surface area contributed by atoms with E-state index in [0.29, 0.717) is 49.5 Å². The Morgan fingerprint density at radius 2 is 1.96 bits per heavy atom. The Morgan fingerprint density at radius 1 is 1.15 bits per heavy atom. The van der Waals surface area contributed by atoms with E-state index in [0.717, 1.165) is 51.7 Å². The van der Waals surface area contributed by atoms with E-state index in [4.69, 9.17) is 26.6 Å². The molecule has 246 valence electrons. The van der Waals surface area contributed by atoms with Gasteiger partial charge in [-0.1, -0.05) is 18.4 Å². The number of morpholine rings is 1. The zero-order valence-corrected chi connectivity index (χ0v) is 26.0. The molecule has 47 heavy (non-hydrogen) atoms. The molecule has 2 aromatic heterocycles. The van der Waals surface area contributed by atoms with Crippen molar-refractivity contribution < 1.29 is 27.8 Å². The number of terminal acetylenes is 1. The Labute approximate surface area is 270 Å². The van der Waals surface area contributed by atoms with Crippen LogP contribution in [-0.2, 0) is 4.74 Å². The van der Waals surface area contributed by atoms with Crippen molar-refractivity contribution in [2.75, 3.05) is 57.4 Å². The lowest BCUT2D eigenvalue weighted by atomic mass is 9.94. The molecular weight excluding hydrogens is 609 g/mol. The number of phenols is 1. The predicted octanol–water partition coefficient (Wildman–Crippen LogP) is 5.42. The normalized spacial score (nSPS) is 20.0. The third-order valence-electron chi connectivity index (χ3n) is 9.54. The highest BCUT2D eigenvalue weighted by atomic mass is 19.3. The van der Waals surface area contributed by atoms with Gasteiger partial charge in [0.1, 0.15) is 17.4 Å². The number of ether oxygens (including phenoxy) is 2. The fraction of sp³-hybridized carbons (Fsp3) is 0.457. The Bertz CT molecular complexity index is 1850. The van der Waals surface area contributed by atoms with E-state index < -0.39 is 17.8 Å². The maximum absolute atomic E-state index is 15.3. The van der Waals surface area contributed by atoms with Crippen LogP contribution >= 0.6 is 0 Å². The first-order chi connectivity index (χ1) is 22.7. The van der Waals surface area contributed by atoms with E-state index in [1.165, 1.54) is 30.5 Å². The number of hydrogen-bond acceptors (Lipinski definition) is 9. The van der Waals surface area contributed by atoms with Crippen molar-refractivity contribution >= 4 is 27.5 Å². The molecule has 0 bridgehead atoms.